The summed E-state index contributed by atoms with van der Waals surface area (Å²) in [6.07, 6.45) is 29.3. The number of nitrogens with zero attached hydrogens (tertiary/aromatic N) is 1. The Morgan fingerprint density at radius 1 is 0.607 bits per heavy atom. The van der Waals surface area contributed by atoms with Crippen LogP contribution in [-0.2, 0) is 0 Å². The SMILES string of the molecule is C=CCCCCCCCCCC(C#N)(CCC)CCCCCCCCCC=C. The molecule has 28 heavy (non-hydrogen) atoms. The molecule has 0 atom stereocenters. The molecule has 0 bridgehead atoms. The Kier molecular flexibility index (Phi) is 19.9. The van der Waals surface area contributed by atoms with Crippen molar-refractivity contribution in [1.82, 2.24) is 0 Å². The molecule has 0 saturated heterocycles. The van der Waals surface area contributed by atoms with E-state index in [-0.39, 0.29) is 5.41 Å². The van der Waals surface area contributed by atoms with Crippen molar-refractivity contribution < 1.29 is 0 Å². The fourth-order valence-electron chi connectivity index (χ4n) is 4.29. The molecule has 0 heterocycles. The zero-order valence-electron chi connectivity index (χ0n) is 19.2. The second kappa shape index (κ2) is 20.7. The molecule has 1 nitrogen and oxygen atoms in total. The molecule has 0 rings (SSSR count). The highest BCUT2D eigenvalue weighted by atomic mass is 14.4. The molecule has 0 unspecified atom stereocenters. The van der Waals surface area contributed by atoms with E-state index >= 15 is 0 Å². The standard InChI is InChI=1S/C27H49N/c1-4-7-9-11-13-15-17-19-21-24-27(26-28,23-6-3)25-22-20-18-16-14-12-10-8-5-2/h4-5H,1-2,6-25H2,3H3. The topological polar surface area (TPSA) is 23.8 Å². The molecule has 0 aliphatic rings. The first-order valence-corrected chi connectivity index (χ1v) is 12.4. The van der Waals surface area contributed by atoms with Crippen molar-refractivity contribution in [2.24, 2.45) is 5.41 Å². The minimum atomic E-state index is -0.0390. The van der Waals surface area contributed by atoms with Crippen LogP contribution in [0.25, 0.3) is 0 Å². The van der Waals surface area contributed by atoms with Crippen LogP contribution >= 0.6 is 0 Å². The predicted octanol–water partition coefficient (Wildman–Crippen LogP) is 9.69. The van der Waals surface area contributed by atoms with Crippen molar-refractivity contribution in [3.8, 4) is 6.07 Å². The van der Waals surface area contributed by atoms with Crippen LogP contribution in [0.3, 0.4) is 0 Å². The van der Waals surface area contributed by atoms with Gasteiger partial charge in [-0.25, -0.2) is 0 Å². The number of hydrogen-bond acceptors (Lipinski definition) is 1. The van der Waals surface area contributed by atoms with Crippen LogP contribution in [0.5, 0.6) is 0 Å². The summed E-state index contributed by atoms with van der Waals surface area (Å²) in [5.74, 6) is 0. The number of nitriles is 1. The van der Waals surface area contributed by atoms with Crippen LogP contribution in [0.1, 0.15) is 135 Å². The van der Waals surface area contributed by atoms with Crippen molar-refractivity contribution >= 4 is 0 Å². The van der Waals surface area contributed by atoms with Gasteiger partial charge in [0, 0.05) is 0 Å². The molecule has 0 aromatic rings. The normalized spacial score (nSPS) is 11.3. The van der Waals surface area contributed by atoms with Crippen LogP contribution in [-0.4, -0.2) is 0 Å². The first-order chi connectivity index (χ1) is 13.7. The molecule has 0 N–H and O–H groups in total. The fraction of sp³-hybridized carbons (Fsp3) is 0.815. The monoisotopic (exact) mass is 387 g/mol. The Morgan fingerprint density at radius 3 is 1.29 bits per heavy atom. The molecule has 1 heteroatoms. The molecule has 0 radical (unpaired) electrons. The predicted molar refractivity (Wildman–Crippen MR) is 126 cm³/mol. The van der Waals surface area contributed by atoms with Gasteiger partial charge in [0.05, 0.1) is 11.5 Å². The number of rotatable bonds is 22. The molecule has 0 saturated carbocycles. The summed E-state index contributed by atoms with van der Waals surface area (Å²) in [6.45, 7) is 9.80. The van der Waals surface area contributed by atoms with Crippen molar-refractivity contribution in [2.75, 3.05) is 0 Å². The molecule has 0 aromatic carbocycles. The zero-order valence-corrected chi connectivity index (χ0v) is 19.2. The third-order valence-corrected chi connectivity index (χ3v) is 6.09. The van der Waals surface area contributed by atoms with E-state index in [0.29, 0.717) is 0 Å². The first-order valence-electron chi connectivity index (χ1n) is 12.4. The number of unbranched alkanes of at least 4 members (excludes halogenated alkanes) is 14. The summed E-state index contributed by atoms with van der Waals surface area (Å²) in [5, 5.41) is 9.89. The molecule has 0 fully saturated rings. The van der Waals surface area contributed by atoms with Crippen LogP contribution in [0, 0.1) is 16.7 Å². The zero-order chi connectivity index (χ0) is 20.8. The maximum absolute atomic E-state index is 9.89. The molecular weight excluding hydrogens is 338 g/mol. The van der Waals surface area contributed by atoms with E-state index in [0.717, 1.165) is 38.5 Å². The summed E-state index contributed by atoms with van der Waals surface area (Å²) in [5.41, 5.74) is -0.0390. The lowest BCUT2D eigenvalue weighted by atomic mass is 9.76. The molecule has 0 aromatic heterocycles. The van der Waals surface area contributed by atoms with Gasteiger partial charge in [0.1, 0.15) is 0 Å². The van der Waals surface area contributed by atoms with E-state index in [1.807, 2.05) is 12.2 Å². The largest absolute Gasteiger partial charge is 0.198 e. The van der Waals surface area contributed by atoms with Crippen molar-refractivity contribution in [3.63, 3.8) is 0 Å². The summed E-state index contributed by atoms with van der Waals surface area (Å²) in [7, 11) is 0. The minimum Gasteiger partial charge on any atom is -0.198 e. The van der Waals surface area contributed by atoms with Gasteiger partial charge in [-0.2, -0.15) is 5.26 Å². The maximum atomic E-state index is 9.89. The third-order valence-electron chi connectivity index (χ3n) is 6.09. The van der Waals surface area contributed by atoms with E-state index in [1.165, 1.54) is 89.9 Å². The van der Waals surface area contributed by atoms with Gasteiger partial charge in [-0.15, -0.1) is 13.2 Å². The lowest BCUT2D eigenvalue weighted by Crippen LogP contribution is -2.18. The molecule has 0 spiro atoms. The van der Waals surface area contributed by atoms with E-state index in [1.54, 1.807) is 0 Å². The number of hydrogen-bond donors (Lipinski definition) is 0. The molecule has 0 aliphatic carbocycles. The molecule has 162 valence electrons. The van der Waals surface area contributed by atoms with E-state index in [4.69, 9.17) is 0 Å². The van der Waals surface area contributed by atoms with Crippen molar-refractivity contribution in [2.45, 2.75) is 135 Å². The van der Waals surface area contributed by atoms with Gasteiger partial charge in [-0.1, -0.05) is 103 Å². The summed E-state index contributed by atoms with van der Waals surface area (Å²) >= 11 is 0. The quantitative estimate of drug-likeness (QED) is 0.134. The fourth-order valence-corrected chi connectivity index (χ4v) is 4.29. The first kappa shape index (κ1) is 27.0. The van der Waals surface area contributed by atoms with Crippen molar-refractivity contribution in [3.05, 3.63) is 25.3 Å². The Hall–Kier alpha value is -1.03. The molecule has 0 amide bonds. The third kappa shape index (κ3) is 16.0. The van der Waals surface area contributed by atoms with E-state index < -0.39 is 0 Å². The van der Waals surface area contributed by atoms with Crippen LogP contribution in [0.2, 0.25) is 0 Å². The van der Waals surface area contributed by atoms with Crippen LogP contribution in [0.4, 0.5) is 0 Å². The Bertz CT molecular complexity index is 364. The van der Waals surface area contributed by atoms with Gasteiger partial charge in [0.2, 0.25) is 0 Å². The van der Waals surface area contributed by atoms with Gasteiger partial charge >= 0.3 is 0 Å². The second-order valence-corrected chi connectivity index (χ2v) is 8.75. The average Bonchev–Trinajstić information content (AvgIpc) is 2.71. The Morgan fingerprint density at radius 2 is 0.964 bits per heavy atom. The molecular formula is C27H49N. The van der Waals surface area contributed by atoms with Gasteiger partial charge in [0.15, 0.2) is 0 Å². The average molecular weight is 388 g/mol. The highest BCUT2D eigenvalue weighted by molar-refractivity contribution is 4.98. The second-order valence-electron chi connectivity index (χ2n) is 8.75. The lowest BCUT2D eigenvalue weighted by molar-refractivity contribution is 0.282. The maximum Gasteiger partial charge on any atom is 0.0689 e. The minimum absolute atomic E-state index is 0.0390. The Labute approximate surface area is 177 Å². The highest BCUT2D eigenvalue weighted by Gasteiger charge is 2.27. The van der Waals surface area contributed by atoms with Crippen molar-refractivity contribution in [1.29, 1.82) is 5.26 Å². The Balaban J connectivity index is 3.86. The smallest absolute Gasteiger partial charge is 0.0689 e. The van der Waals surface area contributed by atoms with Gasteiger partial charge in [0.25, 0.3) is 0 Å². The van der Waals surface area contributed by atoms with Crippen LogP contribution < -0.4 is 0 Å². The summed E-state index contributed by atoms with van der Waals surface area (Å²) < 4.78 is 0. The van der Waals surface area contributed by atoms with Crippen LogP contribution in [0.15, 0.2) is 25.3 Å². The summed E-state index contributed by atoms with van der Waals surface area (Å²) in [6, 6.07) is 2.75. The van der Waals surface area contributed by atoms with E-state index in [9.17, 15) is 5.26 Å². The lowest BCUT2D eigenvalue weighted by Gasteiger charge is -2.26. The van der Waals surface area contributed by atoms with Gasteiger partial charge in [-0.3, -0.25) is 0 Å². The number of allylic oxidation sites excluding steroid dienone is 2. The van der Waals surface area contributed by atoms with Gasteiger partial charge < -0.3 is 0 Å². The van der Waals surface area contributed by atoms with Gasteiger partial charge in [-0.05, 0) is 44.9 Å². The highest BCUT2D eigenvalue weighted by Crippen LogP contribution is 2.36. The molecule has 0 aliphatic heterocycles. The summed E-state index contributed by atoms with van der Waals surface area (Å²) in [4.78, 5) is 0. The van der Waals surface area contributed by atoms with E-state index in [2.05, 4.69) is 26.2 Å².